The molecule has 8 heteroatoms. The van der Waals surface area contributed by atoms with Crippen molar-refractivity contribution in [2.75, 3.05) is 17.2 Å². The van der Waals surface area contributed by atoms with Crippen molar-refractivity contribution in [2.45, 2.75) is 19.5 Å². The molecule has 0 radical (unpaired) electrons. The van der Waals surface area contributed by atoms with Crippen LogP contribution in [0.4, 0.5) is 11.4 Å². The van der Waals surface area contributed by atoms with Crippen molar-refractivity contribution in [3.8, 4) is 0 Å². The van der Waals surface area contributed by atoms with Gasteiger partial charge in [0, 0.05) is 22.5 Å². The Labute approximate surface area is 215 Å². The Bertz CT molecular complexity index is 1320. The number of anilines is 2. The summed E-state index contributed by atoms with van der Waals surface area (Å²) >= 11 is 0. The standard InChI is InChI=1S/C29H28N4O4/c1-20(21-6-3-2-4-7-21)32-29(36)23-11-15-25(16-12-23)33-27(34)19-30-24-13-9-22(10-14-24)28(35)31-18-26-8-5-17-37-26/h2-17,20,30H,18-19H2,1H3,(H,31,35)(H,32,36)(H,33,34). The van der Waals surface area contributed by atoms with E-state index < -0.39 is 0 Å². The largest absolute Gasteiger partial charge is 0.467 e. The Hall–Kier alpha value is -4.85. The first-order valence-electron chi connectivity index (χ1n) is 11.9. The predicted octanol–water partition coefficient (Wildman–Crippen LogP) is 4.75. The number of amides is 3. The lowest BCUT2D eigenvalue weighted by atomic mass is 10.1. The van der Waals surface area contributed by atoms with Crippen LogP contribution in [0, 0.1) is 0 Å². The fourth-order valence-electron chi connectivity index (χ4n) is 3.62. The topological polar surface area (TPSA) is 112 Å². The Kier molecular flexibility index (Phi) is 8.33. The Morgan fingerprint density at radius 1 is 0.757 bits per heavy atom. The Balaban J connectivity index is 1.21. The van der Waals surface area contributed by atoms with E-state index >= 15 is 0 Å². The maximum Gasteiger partial charge on any atom is 0.251 e. The molecule has 4 N–H and O–H groups in total. The summed E-state index contributed by atoms with van der Waals surface area (Å²) in [6, 6.07) is 26.7. The third-order valence-electron chi connectivity index (χ3n) is 5.68. The van der Waals surface area contributed by atoms with Crippen molar-refractivity contribution in [1.29, 1.82) is 0 Å². The first-order valence-corrected chi connectivity index (χ1v) is 11.9. The number of benzene rings is 3. The number of rotatable bonds is 10. The van der Waals surface area contributed by atoms with Crippen LogP contribution in [0.2, 0.25) is 0 Å². The molecule has 3 amide bonds. The van der Waals surface area contributed by atoms with Crippen LogP contribution in [-0.2, 0) is 11.3 Å². The first kappa shape index (κ1) is 25.2. The summed E-state index contributed by atoms with van der Waals surface area (Å²) in [4.78, 5) is 37.1. The van der Waals surface area contributed by atoms with Gasteiger partial charge in [-0.2, -0.15) is 0 Å². The van der Waals surface area contributed by atoms with Crippen molar-refractivity contribution in [1.82, 2.24) is 10.6 Å². The van der Waals surface area contributed by atoms with Gasteiger partial charge in [0.1, 0.15) is 5.76 Å². The summed E-state index contributed by atoms with van der Waals surface area (Å²) < 4.78 is 5.20. The van der Waals surface area contributed by atoms with Gasteiger partial charge in [0.15, 0.2) is 0 Å². The normalized spacial score (nSPS) is 11.3. The second-order valence-corrected chi connectivity index (χ2v) is 8.42. The van der Waals surface area contributed by atoms with Crippen molar-refractivity contribution in [3.05, 3.63) is 120 Å². The van der Waals surface area contributed by atoms with E-state index in [0.29, 0.717) is 34.8 Å². The minimum Gasteiger partial charge on any atom is -0.467 e. The number of carbonyl (C=O) groups is 3. The smallest absolute Gasteiger partial charge is 0.251 e. The van der Waals surface area contributed by atoms with E-state index in [2.05, 4.69) is 21.3 Å². The number of carbonyl (C=O) groups excluding carboxylic acids is 3. The summed E-state index contributed by atoms with van der Waals surface area (Å²) in [6.45, 7) is 2.28. The zero-order chi connectivity index (χ0) is 26.0. The summed E-state index contributed by atoms with van der Waals surface area (Å²) in [7, 11) is 0. The highest BCUT2D eigenvalue weighted by Gasteiger charge is 2.12. The van der Waals surface area contributed by atoms with Gasteiger partial charge in [-0.1, -0.05) is 30.3 Å². The lowest BCUT2D eigenvalue weighted by molar-refractivity contribution is -0.114. The highest BCUT2D eigenvalue weighted by molar-refractivity contribution is 5.97. The van der Waals surface area contributed by atoms with Gasteiger partial charge < -0.3 is 25.7 Å². The van der Waals surface area contributed by atoms with Crippen LogP contribution in [0.1, 0.15) is 45.0 Å². The molecule has 37 heavy (non-hydrogen) atoms. The van der Waals surface area contributed by atoms with Crippen LogP contribution in [0.3, 0.4) is 0 Å². The molecule has 0 aliphatic heterocycles. The maximum atomic E-state index is 12.5. The van der Waals surface area contributed by atoms with E-state index in [1.807, 2.05) is 37.3 Å². The third kappa shape index (κ3) is 7.32. The molecular formula is C29H28N4O4. The minimum atomic E-state index is -0.241. The number of nitrogens with one attached hydrogen (secondary N) is 4. The van der Waals surface area contributed by atoms with E-state index in [0.717, 1.165) is 5.56 Å². The molecule has 0 fully saturated rings. The highest BCUT2D eigenvalue weighted by atomic mass is 16.3. The van der Waals surface area contributed by atoms with Gasteiger partial charge in [-0.3, -0.25) is 14.4 Å². The molecule has 188 valence electrons. The van der Waals surface area contributed by atoms with Gasteiger partial charge >= 0.3 is 0 Å². The molecule has 0 aliphatic rings. The van der Waals surface area contributed by atoms with Gasteiger partial charge in [-0.05, 0) is 73.2 Å². The van der Waals surface area contributed by atoms with Gasteiger partial charge in [-0.25, -0.2) is 0 Å². The maximum absolute atomic E-state index is 12.5. The fourth-order valence-corrected chi connectivity index (χ4v) is 3.62. The van der Waals surface area contributed by atoms with Crippen molar-refractivity contribution < 1.29 is 18.8 Å². The molecule has 1 aromatic heterocycles. The monoisotopic (exact) mass is 496 g/mol. The lowest BCUT2D eigenvalue weighted by Gasteiger charge is -2.14. The molecular weight excluding hydrogens is 468 g/mol. The quantitative estimate of drug-likeness (QED) is 0.253. The van der Waals surface area contributed by atoms with E-state index in [4.69, 9.17) is 4.42 Å². The molecule has 3 aromatic carbocycles. The highest BCUT2D eigenvalue weighted by Crippen LogP contribution is 2.15. The summed E-state index contributed by atoms with van der Waals surface area (Å²) in [6.07, 6.45) is 1.56. The Morgan fingerprint density at radius 2 is 1.41 bits per heavy atom. The van der Waals surface area contributed by atoms with Gasteiger partial charge in [0.05, 0.1) is 25.4 Å². The molecule has 1 heterocycles. The molecule has 0 bridgehead atoms. The predicted molar refractivity (Wildman–Crippen MR) is 142 cm³/mol. The van der Waals surface area contributed by atoms with Gasteiger partial charge in [0.25, 0.3) is 11.8 Å². The third-order valence-corrected chi connectivity index (χ3v) is 5.68. The van der Waals surface area contributed by atoms with Crippen LogP contribution in [0.25, 0.3) is 0 Å². The van der Waals surface area contributed by atoms with Crippen LogP contribution < -0.4 is 21.3 Å². The van der Waals surface area contributed by atoms with E-state index in [1.54, 1.807) is 66.9 Å². The molecule has 1 unspecified atom stereocenters. The van der Waals surface area contributed by atoms with Crippen molar-refractivity contribution >= 4 is 29.1 Å². The molecule has 0 spiro atoms. The summed E-state index contributed by atoms with van der Waals surface area (Å²) in [5.74, 6) is 0.0321. The summed E-state index contributed by atoms with van der Waals surface area (Å²) in [5, 5.41) is 11.6. The SMILES string of the molecule is CC(NC(=O)c1ccc(NC(=O)CNc2ccc(C(=O)NCc3ccco3)cc2)cc1)c1ccccc1. The minimum absolute atomic E-state index is 0.0425. The Morgan fingerprint density at radius 3 is 2.05 bits per heavy atom. The van der Waals surface area contributed by atoms with E-state index in [9.17, 15) is 14.4 Å². The van der Waals surface area contributed by atoms with Crippen LogP contribution >= 0.6 is 0 Å². The van der Waals surface area contributed by atoms with E-state index in [-0.39, 0.29) is 30.3 Å². The molecule has 0 saturated heterocycles. The lowest BCUT2D eigenvalue weighted by Crippen LogP contribution is -2.26. The van der Waals surface area contributed by atoms with Crippen LogP contribution in [-0.4, -0.2) is 24.3 Å². The van der Waals surface area contributed by atoms with E-state index in [1.165, 1.54) is 0 Å². The van der Waals surface area contributed by atoms with Gasteiger partial charge in [-0.15, -0.1) is 0 Å². The molecule has 8 nitrogen and oxygen atoms in total. The van der Waals surface area contributed by atoms with Gasteiger partial charge in [0.2, 0.25) is 5.91 Å². The number of furan rings is 1. The van der Waals surface area contributed by atoms with Crippen LogP contribution in [0.15, 0.2) is 102 Å². The first-order chi connectivity index (χ1) is 18.0. The zero-order valence-electron chi connectivity index (χ0n) is 20.4. The molecule has 1 atom stereocenters. The summed E-state index contributed by atoms with van der Waals surface area (Å²) in [5.41, 5.74) is 3.33. The molecule has 0 aliphatic carbocycles. The fraction of sp³-hybridized carbons (Fsp3) is 0.138. The zero-order valence-corrected chi connectivity index (χ0v) is 20.4. The number of hydrogen-bond donors (Lipinski definition) is 4. The average Bonchev–Trinajstić information content (AvgIpc) is 3.45. The van der Waals surface area contributed by atoms with Crippen LogP contribution in [0.5, 0.6) is 0 Å². The van der Waals surface area contributed by atoms with Crippen molar-refractivity contribution in [3.63, 3.8) is 0 Å². The second kappa shape index (κ2) is 12.2. The second-order valence-electron chi connectivity index (χ2n) is 8.42. The molecule has 4 aromatic rings. The molecule has 4 rings (SSSR count). The number of hydrogen-bond acceptors (Lipinski definition) is 5. The van der Waals surface area contributed by atoms with Crippen molar-refractivity contribution in [2.24, 2.45) is 0 Å². The molecule has 0 saturated carbocycles. The average molecular weight is 497 g/mol.